The van der Waals surface area contributed by atoms with Gasteiger partial charge in [0.25, 0.3) is 0 Å². The van der Waals surface area contributed by atoms with Crippen LogP contribution in [0.4, 0.5) is 5.69 Å². The summed E-state index contributed by atoms with van der Waals surface area (Å²) < 4.78 is 1.32. The fourth-order valence-corrected chi connectivity index (χ4v) is 2.85. The first kappa shape index (κ1) is 17.7. The molecule has 0 unspecified atom stereocenters. The van der Waals surface area contributed by atoms with E-state index in [1.165, 1.54) is 21.8 Å². The minimum atomic E-state index is -1.00. The third-order valence-corrected chi connectivity index (χ3v) is 4.49. The van der Waals surface area contributed by atoms with E-state index < -0.39 is 10.5 Å². The van der Waals surface area contributed by atoms with Crippen molar-refractivity contribution in [2.75, 3.05) is 6.54 Å². The normalized spacial score (nSPS) is 11.6. The Morgan fingerprint density at radius 3 is 2.88 bits per heavy atom. The molecule has 0 saturated heterocycles. The Morgan fingerprint density at radius 1 is 1.38 bits per heavy atom. The number of hydrogen-bond acceptors (Lipinski definition) is 4. The second-order valence-corrected chi connectivity index (χ2v) is 6.68. The second kappa shape index (κ2) is 6.99. The minimum Gasteiger partial charge on any atom is -0.361 e. The van der Waals surface area contributed by atoms with Crippen LogP contribution in [-0.2, 0) is 16.8 Å². The molecule has 2 N–H and O–H groups in total. The van der Waals surface area contributed by atoms with Crippen LogP contribution in [0.2, 0.25) is 0 Å². The molecule has 0 aliphatic heterocycles. The number of carbonyl (C=O) groups is 1. The number of aromatic amines is 1. The Labute approximate surface area is 150 Å². The van der Waals surface area contributed by atoms with Gasteiger partial charge in [-0.05, 0) is 38.3 Å². The summed E-state index contributed by atoms with van der Waals surface area (Å²) in [5.74, 6) is -0.227. The number of fused-ring (bicyclic) bond motifs is 1. The number of nitro groups is 1. The number of H-pyrrole nitrogens is 1. The largest absolute Gasteiger partial charge is 0.361 e. The van der Waals surface area contributed by atoms with E-state index >= 15 is 0 Å². The zero-order chi connectivity index (χ0) is 18.7. The number of aromatic nitrogens is 3. The van der Waals surface area contributed by atoms with Crippen LogP contribution in [0.25, 0.3) is 10.9 Å². The standard InChI is InChI=1S/C18H21N5O3/c1-18(2,22-12-14(11-21-22)23(25)26)17(24)19-9-5-6-13-10-20-16-8-4-3-7-15(13)16/h3-4,7-8,10-12,20H,5-6,9H2,1-2H3,(H,19,24). The number of rotatable bonds is 7. The number of aryl methyl sites for hydroxylation is 1. The third kappa shape index (κ3) is 3.44. The van der Waals surface area contributed by atoms with Gasteiger partial charge in [0.05, 0.1) is 4.92 Å². The average Bonchev–Trinajstić information content (AvgIpc) is 3.26. The molecule has 0 atom stereocenters. The van der Waals surface area contributed by atoms with Crippen molar-refractivity contribution in [3.05, 3.63) is 58.5 Å². The maximum Gasteiger partial charge on any atom is 0.307 e. The van der Waals surface area contributed by atoms with Crippen molar-refractivity contribution in [3.8, 4) is 0 Å². The highest BCUT2D eigenvalue weighted by Gasteiger charge is 2.31. The maximum atomic E-state index is 12.5. The summed E-state index contributed by atoms with van der Waals surface area (Å²) in [5, 5.41) is 18.8. The molecule has 3 aromatic rings. The summed E-state index contributed by atoms with van der Waals surface area (Å²) in [4.78, 5) is 26.0. The molecule has 0 bridgehead atoms. The Bertz CT molecular complexity index is 941. The molecule has 136 valence electrons. The van der Waals surface area contributed by atoms with E-state index in [0.717, 1.165) is 24.6 Å². The van der Waals surface area contributed by atoms with Crippen LogP contribution in [0, 0.1) is 10.1 Å². The molecule has 1 aromatic carbocycles. The van der Waals surface area contributed by atoms with Gasteiger partial charge in [-0.2, -0.15) is 5.10 Å². The van der Waals surface area contributed by atoms with Crippen LogP contribution in [0.15, 0.2) is 42.9 Å². The smallest absolute Gasteiger partial charge is 0.307 e. The van der Waals surface area contributed by atoms with Gasteiger partial charge in [0.1, 0.15) is 17.9 Å². The van der Waals surface area contributed by atoms with Gasteiger partial charge >= 0.3 is 5.69 Å². The van der Waals surface area contributed by atoms with E-state index in [9.17, 15) is 14.9 Å². The first-order valence-corrected chi connectivity index (χ1v) is 8.42. The highest BCUT2D eigenvalue weighted by Crippen LogP contribution is 2.20. The zero-order valence-electron chi connectivity index (χ0n) is 14.7. The topological polar surface area (TPSA) is 106 Å². The van der Waals surface area contributed by atoms with Crippen LogP contribution < -0.4 is 5.32 Å². The quantitative estimate of drug-likeness (QED) is 0.386. The van der Waals surface area contributed by atoms with Crippen LogP contribution in [0.5, 0.6) is 0 Å². The lowest BCUT2D eigenvalue weighted by Crippen LogP contribution is -2.45. The fraction of sp³-hybridized carbons (Fsp3) is 0.333. The van der Waals surface area contributed by atoms with Crippen LogP contribution in [0.1, 0.15) is 25.8 Å². The summed E-state index contributed by atoms with van der Waals surface area (Å²) in [7, 11) is 0. The molecule has 0 fully saturated rings. The molecule has 3 rings (SSSR count). The van der Waals surface area contributed by atoms with Crippen molar-refractivity contribution in [2.45, 2.75) is 32.2 Å². The number of carbonyl (C=O) groups excluding carboxylic acids is 1. The SMILES string of the molecule is CC(C)(C(=O)NCCCc1c[nH]c2ccccc12)n1cc([N+](=O)[O-])cn1. The molecule has 8 nitrogen and oxygen atoms in total. The van der Waals surface area contributed by atoms with Crippen molar-refractivity contribution in [1.82, 2.24) is 20.1 Å². The summed E-state index contributed by atoms with van der Waals surface area (Å²) in [6, 6.07) is 8.11. The van der Waals surface area contributed by atoms with Crippen LogP contribution in [-0.4, -0.2) is 32.1 Å². The number of amides is 1. The van der Waals surface area contributed by atoms with Gasteiger partial charge < -0.3 is 10.3 Å². The van der Waals surface area contributed by atoms with Gasteiger partial charge in [-0.15, -0.1) is 0 Å². The Hall–Kier alpha value is -3.16. The molecule has 2 heterocycles. The monoisotopic (exact) mass is 355 g/mol. The molecule has 2 aromatic heterocycles. The van der Waals surface area contributed by atoms with Gasteiger partial charge in [-0.1, -0.05) is 18.2 Å². The maximum absolute atomic E-state index is 12.5. The second-order valence-electron chi connectivity index (χ2n) is 6.68. The van der Waals surface area contributed by atoms with Gasteiger partial charge in [-0.25, -0.2) is 0 Å². The fourth-order valence-electron chi connectivity index (χ4n) is 2.85. The van der Waals surface area contributed by atoms with E-state index in [4.69, 9.17) is 0 Å². The Balaban J connectivity index is 1.55. The number of nitrogens with zero attached hydrogens (tertiary/aromatic N) is 3. The summed E-state index contributed by atoms with van der Waals surface area (Å²) >= 11 is 0. The minimum absolute atomic E-state index is 0.134. The Kier molecular flexibility index (Phi) is 4.75. The zero-order valence-corrected chi connectivity index (χ0v) is 14.7. The molecular weight excluding hydrogens is 334 g/mol. The number of benzene rings is 1. The van der Waals surface area contributed by atoms with Crippen molar-refractivity contribution in [3.63, 3.8) is 0 Å². The van der Waals surface area contributed by atoms with E-state index in [2.05, 4.69) is 21.5 Å². The lowest BCUT2D eigenvalue weighted by atomic mass is 10.0. The molecule has 0 aliphatic carbocycles. The summed E-state index contributed by atoms with van der Waals surface area (Å²) in [6.07, 6.45) is 6.05. The van der Waals surface area contributed by atoms with Gasteiger partial charge in [0.2, 0.25) is 5.91 Å². The van der Waals surface area contributed by atoms with E-state index in [1.807, 2.05) is 24.4 Å². The van der Waals surface area contributed by atoms with Crippen LogP contribution >= 0.6 is 0 Å². The first-order chi connectivity index (χ1) is 12.4. The van der Waals surface area contributed by atoms with Crippen molar-refractivity contribution in [1.29, 1.82) is 0 Å². The van der Waals surface area contributed by atoms with Gasteiger partial charge in [-0.3, -0.25) is 19.6 Å². The average molecular weight is 355 g/mol. The highest BCUT2D eigenvalue weighted by molar-refractivity contribution is 5.84. The molecule has 1 amide bonds. The summed E-state index contributed by atoms with van der Waals surface area (Å²) in [5.41, 5.74) is 1.18. The molecule has 0 aliphatic rings. The molecule has 8 heteroatoms. The molecule has 26 heavy (non-hydrogen) atoms. The Morgan fingerprint density at radius 2 is 2.15 bits per heavy atom. The van der Waals surface area contributed by atoms with Crippen molar-refractivity contribution < 1.29 is 9.72 Å². The predicted molar refractivity (Wildman–Crippen MR) is 97.8 cm³/mol. The predicted octanol–water partition coefficient (Wildman–Crippen LogP) is 2.76. The van der Waals surface area contributed by atoms with Crippen LogP contribution in [0.3, 0.4) is 0 Å². The number of nitrogens with one attached hydrogen (secondary N) is 2. The first-order valence-electron chi connectivity index (χ1n) is 8.42. The highest BCUT2D eigenvalue weighted by atomic mass is 16.6. The third-order valence-electron chi connectivity index (χ3n) is 4.49. The van der Waals surface area contributed by atoms with Crippen molar-refractivity contribution >= 4 is 22.5 Å². The van der Waals surface area contributed by atoms with E-state index in [0.29, 0.717) is 6.54 Å². The summed E-state index contributed by atoms with van der Waals surface area (Å²) in [6.45, 7) is 3.88. The van der Waals surface area contributed by atoms with Gasteiger partial charge in [0, 0.05) is 23.6 Å². The van der Waals surface area contributed by atoms with E-state index in [1.54, 1.807) is 13.8 Å². The van der Waals surface area contributed by atoms with Gasteiger partial charge in [0.15, 0.2) is 0 Å². The van der Waals surface area contributed by atoms with Crippen molar-refractivity contribution in [2.24, 2.45) is 0 Å². The number of hydrogen-bond donors (Lipinski definition) is 2. The lowest BCUT2D eigenvalue weighted by Gasteiger charge is -2.23. The number of para-hydroxylation sites is 1. The van der Waals surface area contributed by atoms with E-state index in [-0.39, 0.29) is 11.6 Å². The molecule has 0 spiro atoms. The lowest BCUT2D eigenvalue weighted by molar-refractivity contribution is -0.385. The molecule has 0 radical (unpaired) electrons. The molecular formula is C18H21N5O3. The molecule has 0 saturated carbocycles.